The molecule has 1 aromatic rings. The van der Waals surface area contributed by atoms with Gasteiger partial charge in [0.2, 0.25) is 0 Å². The highest BCUT2D eigenvalue weighted by molar-refractivity contribution is 5.61. The number of carbonyl (C=O) groups excluding carboxylic acids is 1. The molecular formula is C8H9NO3. The van der Waals surface area contributed by atoms with Crippen molar-refractivity contribution in [1.82, 2.24) is 0 Å². The lowest BCUT2D eigenvalue weighted by Crippen LogP contribution is -2.09. The van der Waals surface area contributed by atoms with Crippen LogP contribution in [0.2, 0.25) is 0 Å². The van der Waals surface area contributed by atoms with Crippen LogP contribution in [-0.2, 0) is 9.57 Å². The average Bonchev–Trinajstić information content (AvgIpc) is 2.16. The summed E-state index contributed by atoms with van der Waals surface area (Å²) in [6.07, 6.45) is -0.765. The molecule has 4 nitrogen and oxygen atoms in total. The molecule has 0 aliphatic heterocycles. The predicted octanol–water partition coefficient (Wildman–Crippen LogP) is 1.80. The third-order valence-corrected chi connectivity index (χ3v) is 1.19. The first kappa shape index (κ1) is 8.39. The molecule has 1 N–H and O–H groups in total. The molecule has 0 spiro atoms. The quantitative estimate of drug-likeness (QED) is 0.539. The van der Waals surface area contributed by atoms with Crippen molar-refractivity contribution >= 4 is 11.8 Å². The maximum absolute atomic E-state index is 10.5. The molecule has 0 saturated heterocycles. The Kier molecular flexibility index (Phi) is 2.95. The normalized spacial score (nSPS) is 8.75. The number of hydrogen-bond donors (Lipinski definition) is 1. The summed E-state index contributed by atoms with van der Waals surface area (Å²) in [7, 11) is 1.25. The Hall–Kier alpha value is -1.71. The summed E-state index contributed by atoms with van der Waals surface area (Å²) in [5.41, 5.74) is 3.12. The topological polar surface area (TPSA) is 47.6 Å². The van der Waals surface area contributed by atoms with Crippen LogP contribution in [0.25, 0.3) is 0 Å². The van der Waals surface area contributed by atoms with Gasteiger partial charge in [-0.05, 0) is 12.1 Å². The van der Waals surface area contributed by atoms with Gasteiger partial charge in [0.05, 0.1) is 12.8 Å². The Morgan fingerprint density at radius 3 is 2.58 bits per heavy atom. The molecule has 0 unspecified atom stereocenters. The zero-order valence-corrected chi connectivity index (χ0v) is 6.61. The van der Waals surface area contributed by atoms with Crippen LogP contribution < -0.4 is 5.48 Å². The van der Waals surface area contributed by atoms with Gasteiger partial charge in [-0.15, -0.1) is 0 Å². The number of para-hydroxylation sites is 1. The maximum atomic E-state index is 10.5. The van der Waals surface area contributed by atoms with E-state index in [2.05, 4.69) is 15.1 Å². The molecular weight excluding hydrogens is 158 g/mol. The summed E-state index contributed by atoms with van der Waals surface area (Å²) < 4.78 is 4.25. The smallest absolute Gasteiger partial charge is 0.436 e. The number of nitrogens with one attached hydrogen (secondary N) is 1. The summed E-state index contributed by atoms with van der Waals surface area (Å²) in [5.74, 6) is 0. The van der Waals surface area contributed by atoms with Crippen molar-refractivity contribution < 1.29 is 14.4 Å². The van der Waals surface area contributed by atoms with Gasteiger partial charge in [-0.2, -0.15) is 0 Å². The summed E-state index contributed by atoms with van der Waals surface area (Å²) in [6.45, 7) is 0. The molecule has 64 valence electrons. The Morgan fingerprint density at radius 1 is 1.33 bits per heavy atom. The number of carbonyl (C=O) groups is 1. The second-order valence-corrected chi connectivity index (χ2v) is 2.02. The van der Waals surface area contributed by atoms with Gasteiger partial charge < -0.3 is 9.57 Å². The van der Waals surface area contributed by atoms with E-state index in [9.17, 15) is 4.79 Å². The first-order chi connectivity index (χ1) is 5.83. The Morgan fingerprint density at radius 2 is 2.00 bits per heavy atom. The molecule has 0 aromatic heterocycles. The molecule has 0 atom stereocenters. The summed E-state index contributed by atoms with van der Waals surface area (Å²) in [6, 6.07) is 9.04. The van der Waals surface area contributed by atoms with Gasteiger partial charge in [0, 0.05) is 0 Å². The highest BCUT2D eigenvalue weighted by atomic mass is 16.8. The van der Waals surface area contributed by atoms with E-state index < -0.39 is 6.16 Å². The minimum absolute atomic E-state index is 0.697. The van der Waals surface area contributed by atoms with Gasteiger partial charge in [-0.1, -0.05) is 18.2 Å². The monoisotopic (exact) mass is 167 g/mol. The van der Waals surface area contributed by atoms with Crippen molar-refractivity contribution in [3.8, 4) is 0 Å². The number of benzene rings is 1. The van der Waals surface area contributed by atoms with E-state index in [4.69, 9.17) is 0 Å². The first-order valence-corrected chi connectivity index (χ1v) is 3.39. The van der Waals surface area contributed by atoms with Gasteiger partial charge >= 0.3 is 6.16 Å². The molecule has 0 fully saturated rings. The minimum Gasteiger partial charge on any atom is -0.436 e. The molecule has 1 aromatic carbocycles. The van der Waals surface area contributed by atoms with E-state index in [0.29, 0.717) is 5.69 Å². The number of ether oxygens (including phenoxy) is 1. The van der Waals surface area contributed by atoms with Gasteiger partial charge in [0.15, 0.2) is 0 Å². The van der Waals surface area contributed by atoms with E-state index in [-0.39, 0.29) is 0 Å². The fraction of sp³-hybridized carbons (Fsp3) is 0.125. The standard InChI is InChI=1S/C8H9NO3/c1-11-8(10)12-9-7-5-3-2-4-6-7/h2-6,9H,1H3. The largest absolute Gasteiger partial charge is 0.532 e. The molecule has 12 heavy (non-hydrogen) atoms. The van der Waals surface area contributed by atoms with Crippen molar-refractivity contribution in [2.24, 2.45) is 0 Å². The molecule has 0 amide bonds. The van der Waals surface area contributed by atoms with Crippen molar-refractivity contribution in [1.29, 1.82) is 0 Å². The Balaban J connectivity index is 2.38. The van der Waals surface area contributed by atoms with Crippen molar-refractivity contribution in [3.05, 3.63) is 30.3 Å². The number of rotatable bonds is 2. The van der Waals surface area contributed by atoms with Gasteiger partial charge in [-0.3, -0.25) is 0 Å². The summed E-state index contributed by atoms with van der Waals surface area (Å²) in [4.78, 5) is 14.9. The maximum Gasteiger partial charge on any atom is 0.532 e. The first-order valence-electron chi connectivity index (χ1n) is 3.39. The second-order valence-electron chi connectivity index (χ2n) is 2.02. The highest BCUT2D eigenvalue weighted by Crippen LogP contribution is 2.04. The van der Waals surface area contributed by atoms with Gasteiger partial charge in [0.25, 0.3) is 0 Å². The molecule has 0 aliphatic rings. The van der Waals surface area contributed by atoms with Gasteiger partial charge in [-0.25, -0.2) is 10.3 Å². The van der Waals surface area contributed by atoms with Crippen LogP contribution in [0.4, 0.5) is 10.5 Å². The van der Waals surface area contributed by atoms with Crippen LogP contribution in [0, 0.1) is 0 Å². The molecule has 1 rings (SSSR count). The lowest BCUT2D eigenvalue weighted by Gasteiger charge is -2.03. The fourth-order valence-corrected chi connectivity index (χ4v) is 0.648. The molecule has 0 bridgehead atoms. The Bertz CT molecular complexity index is 248. The third-order valence-electron chi connectivity index (χ3n) is 1.19. The lowest BCUT2D eigenvalue weighted by atomic mass is 10.3. The van der Waals surface area contributed by atoms with E-state index in [1.807, 2.05) is 18.2 Å². The van der Waals surface area contributed by atoms with Crippen LogP contribution in [0.15, 0.2) is 30.3 Å². The lowest BCUT2D eigenvalue weighted by molar-refractivity contribution is 0.0914. The number of methoxy groups -OCH3 is 1. The average molecular weight is 167 g/mol. The van der Waals surface area contributed by atoms with Crippen molar-refractivity contribution in [3.63, 3.8) is 0 Å². The number of hydrogen-bond acceptors (Lipinski definition) is 4. The Labute approximate surface area is 70.1 Å². The minimum atomic E-state index is -0.765. The molecule has 0 radical (unpaired) electrons. The van der Waals surface area contributed by atoms with Crippen LogP contribution in [-0.4, -0.2) is 13.3 Å². The van der Waals surface area contributed by atoms with Crippen LogP contribution >= 0.6 is 0 Å². The zero-order valence-electron chi connectivity index (χ0n) is 6.61. The van der Waals surface area contributed by atoms with Crippen LogP contribution in [0.3, 0.4) is 0 Å². The third kappa shape index (κ3) is 2.49. The summed E-state index contributed by atoms with van der Waals surface area (Å²) in [5, 5.41) is 0. The van der Waals surface area contributed by atoms with Crippen LogP contribution in [0.1, 0.15) is 0 Å². The highest BCUT2D eigenvalue weighted by Gasteiger charge is 1.98. The zero-order chi connectivity index (χ0) is 8.81. The van der Waals surface area contributed by atoms with Crippen LogP contribution in [0.5, 0.6) is 0 Å². The predicted molar refractivity (Wildman–Crippen MR) is 43.6 cm³/mol. The molecule has 0 saturated carbocycles. The van der Waals surface area contributed by atoms with Gasteiger partial charge in [0.1, 0.15) is 0 Å². The van der Waals surface area contributed by atoms with Crippen molar-refractivity contribution in [2.75, 3.05) is 12.6 Å². The summed E-state index contributed by atoms with van der Waals surface area (Å²) >= 11 is 0. The fourth-order valence-electron chi connectivity index (χ4n) is 0.648. The molecule has 0 aliphatic carbocycles. The molecule has 0 heterocycles. The van der Waals surface area contributed by atoms with E-state index >= 15 is 0 Å². The van der Waals surface area contributed by atoms with E-state index in [0.717, 1.165) is 0 Å². The van der Waals surface area contributed by atoms with E-state index in [1.54, 1.807) is 12.1 Å². The van der Waals surface area contributed by atoms with E-state index in [1.165, 1.54) is 7.11 Å². The second kappa shape index (κ2) is 4.23. The SMILES string of the molecule is COC(=O)ONc1ccccc1. The molecule has 4 heteroatoms. The number of anilines is 1. The van der Waals surface area contributed by atoms with Crippen molar-refractivity contribution in [2.45, 2.75) is 0 Å².